The van der Waals surface area contributed by atoms with Gasteiger partial charge in [0.2, 0.25) is 0 Å². The van der Waals surface area contributed by atoms with E-state index >= 15 is 0 Å². The second kappa shape index (κ2) is 9.55. The Morgan fingerprint density at radius 3 is 2.35 bits per heavy atom. The van der Waals surface area contributed by atoms with Gasteiger partial charge < -0.3 is 24.2 Å². The normalized spacial score (nSPS) is 17.7. The molecular weight excluding hydrogens is 398 g/mol. The summed E-state index contributed by atoms with van der Waals surface area (Å²) in [5.74, 6) is -0.225. The van der Waals surface area contributed by atoms with Crippen molar-refractivity contribution in [1.29, 1.82) is 0 Å². The molecule has 2 aromatic carbocycles. The fourth-order valence-electron chi connectivity index (χ4n) is 3.74. The van der Waals surface area contributed by atoms with E-state index in [0.29, 0.717) is 29.4 Å². The highest BCUT2D eigenvalue weighted by molar-refractivity contribution is 6.46. The Morgan fingerprint density at radius 2 is 1.71 bits per heavy atom. The van der Waals surface area contributed by atoms with E-state index in [1.165, 1.54) is 19.1 Å². The number of aliphatic hydroxyl groups excluding tert-OH is 1. The summed E-state index contributed by atoms with van der Waals surface area (Å²) in [6.07, 6.45) is 1.59. The predicted molar refractivity (Wildman–Crippen MR) is 116 cm³/mol. The fraction of sp³-hybridized carbons (Fsp3) is 0.333. The van der Waals surface area contributed by atoms with Crippen molar-refractivity contribution in [2.24, 2.45) is 0 Å². The van der Waals surface area contributed by atoms with Crippen molar-refractivity contribution in [2.75, 3.05) is 27.9 Å². The van der Waals surface area contributed by atoms with E-state index in [1.54, 1.807) is 43.5 Å². The number of amides is 1. The third-order valence-corrected chi connectivity index (χ3v) is 5.36. The molecular formula is C24H27NO6. The number of ketones is 1. The minimum Gasteiger partial charge on any atom is -0.507 e. The SMILES string of the molecule is CCCCN1C(=O)C(=O)/C(=C(/O)c2cc(OC)ccc2OC)C1c1cccc(OC)c1. The molecule has 0 spiro atoms. The number of hydrogen-bond donors (Lipinski definition) is 1. The van der Waals surface area contributed by atoms with Crippen molar-refractivity contribution in [2.45, 2.75) is 25.8 Å². The molecule has 0 aliphatic carbocycles. The molecule has 1 N–H and O–H groups in total. The molecule has 3 rings (SSSR count). The zero-order valence-corrected chi connectivity index (χ0v) is 18.2. The van der Waals surface area contributed by atoms with Crippen molar-refractivity contribution >= 4 is 17.4 Å². The molecule has 1 saturated heterocycles. The average Bonchev–Trinajstić information content (AvgIpc) is 3.06. The van der Waals surface area contributed by atoms with Gasteiger partial charge in [-0.25, -0.2) is 0 Å². The van der Waals surface area contributed by atoms with E-state index in [2.05, 4.69) is 0 Å². The fourth-order valence-corrected chi connectivity index (χ4v) is 3.74. The Bertz CT molecular complexity index is 1010. The Morgan fingerprint density at radius 1 is 1.00 bits per heavy atom. The maximum atomic E-state index is 13.1. The number of carbonyl (C=O) groups is 2. The van der Waals surface area contributed by atoms with Gasteiger partial charge in [0, 0.05) is 6.54 Å². The van der Waals surface area contributed by atoms with Crippen molar-refractivity contribution in [3.05, 3.63) is 59.2 Å². The molecule has 7 nitrogen and oxygen atoms in total. The third kappa shape index (κ3) is 4.21. The van der Waals surface area contributed by atoms with Crippen LogP contribution in [-0.2, 0) is 9.59 Å². The molecule has 1 amide bonds. The van der Waals surface area contributed by atoms with Gasteiger partial charge in [-0.2, -0.15) is 0 Å². The molecule has 1 fully saturated rings. The molecule has 1 heterocycles. The summed E-state index contributed by atoms with van der Waals surface area (Å²) in [6.45, 7) is 2.41. The first-order valence-corrected chi connectivity index (χ1v) is 10.1. The number of aliphatic hydroxyl groups is 1. The van der Waals surface area contributed by atoms with Crippen LogP contribution in [-0.4, -0.2) is 49.6 Å². The Hall–Kier alpha value is -3.48. The van der Waals surface area contributed by atoms with Crippen LogP contribution in [0.25, 0.3) is 5.76 Å². The average molecular weight is 425 g/mol. The summed E-state index contributed by atoms with van der Waals surface area (Å²) in [6, 6.07) is 11.3. The number of unbranched alkanes of at least 4 members (excludes halogenated alkanes) is 1. The zero-order chi connectivity index (χ0) is 22.5. The standard InChI is InChI=1S/C24H27NO6/c1-5-6-12-25-21(15-8-7-9-16(13-15)29-2)20(23(27)24(25)28)22(26)18-14-17(30-3)10-11-19(18)31-4/h7-11,13-14,21,26H,5-6,12H2,1-4H3/b22-20+. The minimum atomic E-state index is -0.738. The van der Waals surface area contributed by atoms with Crippen molar-refractivity contribution < 1.29 is 28.9 Å². The Balaban J connectivity index is 2.24. The largest absolute Gasteiger partial charge is 0.507 e. The lowest BCUT2D eigenvalue weighted by Crippen LogP contribution is -2.30. The number of benzene rings is 2. The molecule has 164 valence electrons. The van der Waals surface area contributed by atoms with Crippen molar-refractivity contribution in [1.82, 2.24) is 4.90 Å². The summed E-state index contributed by atoms with van der Waals surface area (Å²) < 4.78 is 16.0. The van der Waals surface area contributed by atoms with Crippen LogP contribution in [0, 0.1) is 0 Å². The highest BCUT2D eigenvalue weighted by Gasteiger charge is 2.46. The van der Waals surface area contributed by atoms with E-state index in [4.69, 9.17) is 14.2 Å². The van der Waals surface area contributed by atoms with Crippen molar-refractivity contribution in [3.63, 3.8) is 0 Å². The lowest BCUT2D eigenvalue weighted by atomic mass is 9.94. The molecule has 0 radical (unpaired) electrons. The van der Waals surface area contributed by atoms with Crippen LogP contribution in [0.3, 0.4) is 0 Å². The van der Waals surface area contributed by atoms with Gasteiger partial charge in [-0.05, 0) is 42.3 Å². The van der Waals surface area contributed by atoms with Crippen LogP contribution < -0.4 is 14.2 Å². The number of methoxy groups -OCH3 is 3. The van der Waals surface area contributed by atoms with Gasteiger partial charge >= 0.3 is 0 Å². The number of nitrogens with zero attached hydrogens (tertiary/aromatic N) is 1. The Labute approximate surface area is 181 Å². The van der Waals surface area contributed by atoms with Gasteiger partial charge in [-0.15, -0.1) is 0 Å². The molecule has 1 aliphatic rings. The molecule has 1 aliphatic heterocycles. The number of ether oxygens (including phenoxy) is 3. The zero-order valence-electron chi connectivity index (χ0n) is 18.2. The number of likely N-dealkylation sites (tertiary alicyclic amines) is 1. The lowest BCUT2D eigenvalue weighted by Gasteiger charge is -2.25. The van der Waals surface area contributed by atoms with Crippen LogP contribution in [0.1, 0.15) is 36.9 Å². The first-order valence-electron chi connectivity index (χ1n) is 10.1. The highest BCUT2D eigenvalue weighted by Crippen LogP contribution is 2.42. The van der Waals surface area contributed by atoms with E-state index in [9.17, 15) is 14.7 Å². The monoisotopic (exact) mass is 425 g/mol. The molecule has 0 saturated carbocycles. The number of rotatable bonds is 8. The van der Waals surface area contributed by atoms with Crippen LogP contribution in [0.15, 0.2) is 48.0 Å². The second-order valence-corrected chi connectivity index (χ2v) is 7.19. The highest BCUT2D eigenvalue weighted by atomic mass is 16.5. The summed E-state index contributed by atoms with van der Waals surface area (Å²) in [5, 5.41) is 11.3. The smallest absolute Gasteiger partial charge is 0.295 e. The summed E-state index contributed by atoms with van der Waals surface area (Å²) in [5.41, 5.74) is 0.974. The molecule has 2 aromatic rings. The van der Waals surface area contributed by atoms with E-state index in [1.807, 2.05) is 13.0 Å². The quantitative estimate of drug-likeness (QED) is 0.392. The topological polar surface area (TPSA) is 85.3 Å². The summed E-state index contributed by atoms with van der Waals surface area (Å²) in [4.78, 5) is 27.5. The van der Waals surface area contributed by atoms with Gasteiger partial charge in [0.1, 0.15) is 23.0 Å². The van der Waals surface area contributed by atoms with Crippen LogP contribution in [0.4, 0.5) is 0 Å². The van der Waals surface area contributed by atoms with Gasteiger partial charge in [-0.1, -0.05) is 25.5 Å². The second-order valence-electron chi connectivity index (χ2n) is 7.19. The van der Waals surface area contributed by atoms with Crippen LogP contribution in [0.5, 0.6) is 17.2 Å². The maximum absolute atomic E-state index is 13.1. The molecule has 31 heavy (non-hydrogen) atoms. The summed E-state index contributed by atoms with van der Waals surface area (Å²) in [7, 11) is 4.53. The van der Waals surface area contributed by atoms with E-state index in [0.717, 1.165) is 12.8 Å². The molecule has 1 atom stereocenters. The van der Waals surface area contributed by atoms with E-state index < -0.39 is 17.7 Å². The van der Waals surface area contributed by atoms with Crippen LogP contribution >= 0.6 is 0 Å². The molecule has 1 unspecified atom stereocenters. The third-order valence-electron chi connectivity index (χ3n) is 5.36. The Kier molecular flexibility index (Phi) is 6.84. The first-order chi connectivity index (χ1) is 15.0. The van der Waals surface area contributed by atoms with E-state index in [-0.39, 0.29) is 16.9 Å². The number of carbonyl (C=O) groups excluding carboxylic acids is 2. The van der Waals surface area contributed by atoms with Gasteiger partial charge in [-0.3, -0.25) is 9.59 Å². The minimum absolute atomic E-state index is 0.0147. The van der Waals surface area contributed by atoms with Crippen molar-refractivity contribution in [3.8, 4) is 17.2 Å². The molecule has 0 aromatic heterocycles. The summed E-state index contributed by atoms with van der Waals surface area (Å²) >= 11 is 0. The first kappa shape index (κ1) is 22.2. The molecule has 0 bridgehead atoms. The predicted octanol–water partition coefficient (Wildman–Crippen LogP) is 3.93. The molecule has 7 heteroatoms. The number of Topliss-reactive ketones (excluding diaryl/α,β-unsaturated/α-hetero) is 1. The van der Waals surface area contributed by atoms with Gasteiger partial charge in [0.25, 0.3) is 11.7 Å². The van der Waals surface area contributed by atoms with Gasteiger partial charge in [0.05, 0.1) is 38.5 Å². The number of hydrogen-bond acceptors (Lipinski definition) is 6. The van der Waals surface area contributed by atoms with Crippen LogP contribution in [0.2, 0.25) is 0 Å². The van der Waals surface area contributed by atoms with Gasteiger partial charge in [0.15, 0.2) is 0 Å². The maximum Gasteiger partial charge on any atom is 0.295 e. The lowest BCUT2D eigenvalue weighted by molar-refractivity contribution is -0.139.